The number of esters is 1. The molecular weight excluding hydrogens is 312 g/mol. The van der Waals surface area contributed by atoms with Crippen LogP contribution in [-0.2, 0) is 9.53 Å². The molecule has 0 rings (SSSR count). The summed E-state index contributed by atoms with van der Waals surface area (Å²) in [5, 5.41) is 8.88. The molecule has 0 spiro atoms. The number of carbonyl (C=O) groups excluding carboxylic acids is 1. The van der Waals surface area contributed by atoms with Crippen LogP contribution in [0.5, 0.6) is 0 Å². The number of ether oxygens (including phenoxy) is 1. The van der Waals surface area contributed by atoms with Crippen LogP contribution in [0.15, 0.2) is 11.1 Å². The highest BCUT2D eigenvalue weighted by Gasteiger charge is 2.03. The van der Waals surface area contributed by atoms with E-state index in [9.17, 15) is 4.79 Å². The van der Waals surface area contributed by atoms with Crippen LogP contribution >= 0.6 is 11.6 Å². The molecule has 3 nitrogen and oxygen atoms in total. The predicted molar refractivity (Wildman–Crippen MR) is 97.7 cm³/mol. The van der Waals surface area contributed by atoms with Crippen molar-refractivity contribution in [1.82, 2.24) is 0 Å². The minimum atomic E-state index is -0.444. The number of unbranched alkanes of at least 4 members (excludes halogenated alkanes) is 13. The van der Waals surface area contributed by atoms with E-state index in [1.165, 1.54) is 77.7 Å². The third kappa shape index (κ3) is 16.1. The first-order valence-corrected chi connectivity index (χ1v) is 9.65. The zero-order valence-electron chi connectivity index (χ0n) is 14.8. The van der Waals surface area contributed by atoms with Crippen LogP contribution in [0.3, 0.4) is 0 Å². The van der Waals surface area contributed by atoms with Gasteiger partial charge in [0.25, 0.3) is 0 Å². The topological polar surface area (TPSA) is 46.5 Å². The predicted octanol–water partition coefficient (Wildman–Crippen LogP) is 5.74. The first-order valence-electron chi connectivity index (χ1n) is 9.27. The van der Waals surface area contributed by atoms with Crippen LogP contribution in [0.4, 0.5) is 0 Å². The van der Waals surface area contributed by atoms with Crippen LogP contribution in [-0.4, -0.2) is 24.8 Å². The monoisotopic (exact) mass is 346 g/mol. The average molecular weight is 347 g/mol. The van der Waals surface area contributed by atoms with Crippen molar-refractivity contribution in [2.24, 2.45) is 0 Å². The van der Waals surface area contributed by atoms with E-state index in [-0.39, 0.29) is 5.03 Å². The van der Waals surface area contributed by atoms with Crippen molar-refractivity contribution >= 4 is 17.6 Å². The fourth-order valence-electron chi connectivity index (χ4n) is 2.61. The van der Waals surface area contributed by atoms with E-state index < -0.39 is 5.97 Å². The van der Waals surface area contributed by atoms with E-state index in [1.807, 2.05) is 0 Å². The molecule has 0 atom stereocenters. The van der Waals surface area contributed by atoms with Gasteiger partial charge in [0.1, 0.15) is 5.03 Å². The Labute approximate surface area is 147 Å². The molecule has 0 saturated carbocycles. The van der Waals surface area contributed by atoms with Crippen molar-refractivity contribution in [3.05, 3.63) is 11.1 Å². The van der Waals surface area contributed by atoms with Gasteiger partial charge in [0.15, 0.2) is 0 Å². The van der Waals surface area contributed by atoms with Crippen molar-refractivity contribution < 1.29 is 14.6 Å². The van der Waals surface area contributed by atoms with Crippen LogP contribution in [0.2, 0.25) is 0 Å². The largest absolute Gasteiger partial charge is 0.465 e. The van der Waals surface area contributed by atoms with Gasteiger partial charge in [-0.15, -0.1) is 0 Å². The molecule has 0 bridgehead atoms. The maximum absolute atomic E-state index is 11.1. The summed E-state index contributed by atoms with van der Waals surface area (Å²) in [5.41, 5.74) is 0. The molecule has 0 amide bonds. The summed E-state index contributed by atoms with van der Waals surface area (Å²) in [6.45, 7) is 0.342. The summed E-state index contributed by atoms with van der Waals surface area (Å²) in [4.78, 5) is 11.1. The van der Waals surface area contributed by atoms with Gasteiger partial charge in [0.2, 0.25) is 0 Å². The Morgan fingerprint density at radius 1 is 0.826 bits per heavy atom. The molecule has 1 N–H and O–H groups in total. The Bertz CT molecular complexity index is 303. The van der Waals surface area contributed by atoms with E-state index in [1.54, 1.807) is 6.08 Å². The van der Waals surface area contributed by atoms with Crippen LogP contribution < -0.4 is 0 Å². The molecule has 0 aliphatic carbocycles. The maximum atomic E-state index is 11.1. The van der Waals surface area contributed by atoms with Crippen LogP contribution in [0, 0.1) is 0 Å². The third-order valence-corrected chi connectivity index (χ3v) is 4.37. The third-order valence-electron chi connectivity index (χ3n) is 4.07. The Hall–Kier alpha value is -0.540. The lowest BCUT2D eigenvalue weighted by Gasteiger charge is -2.03. The van der Waals surface area contributed by atoms with Crippen molar-refractivity contribution in [2.75, 3.05) is 13.7 Å². The van der Waals surface area contributed by atoms with Gasteiger partial charge in [-0.25, -0.2) is 4.79 Å². The highest BCUT2D eigenvalue weighted by Crippen LogP contribution is 2.14. The van der Waals surface area contributed by atoms with Gasteiger partial charge >= 0.3 is 5.97 Å². The normalized spacial score (nSPS) is 11.7. The fraction of sp³-hybridized carbons (Fsp3) is 0.842. The SMILES string of the molecule is COC(=O)/C(Cl)=C/CCCCCCCCCCCCCCCO. The van der Waals surface area contributed by atoms with Crippen molar-refractivity contribution in [3.63, 3.8) is 0 Å². The average Bonchev–Trinajstić information content (AvgIpc) is 2.57. The Balaban J connectivity index is 3.18. The van der Waals surface area contributed by atoms with Gasteiger partial charge < -0.3 is 9.84 Å². The van der Waals surface area contributed by atoms with Gasteiger partial charge in [-0.3, -0.25) is 0 Å². The molecule has 0 saturated heterocycles. The van der Waals surface area contributed by atoms with Crippen LogP contribution in [0.25, 0.3) is 0 Å². The van der Waals surface area contributed by atoms with Gasteiger partial charge in [-0.05, 0) is 19.3 Å². The molecule has 0 aromatic carbocycles. The van der Waals surface area contributed by atoms with Crippen molar-refractivity contribution in [1.29, 1.82) is 0 Å². The molecule has 0 aliphatic rings. The fourth-order valence-corrected chi connectivity index (χ4v) is 2.80. The molecule has 0 aromatic rings. The van der Waals surface area contributed by atoms with E-state index in [2.05, 4.69) is 4.74 Å². The summed E-state index contributed by atoms with van der Waals surface area (Å²) >= 11 is 5.77. The zero-order valence-corrected chi connectivity index (χ0v) is 15.6. The summed E-state index contributed by atoms with van der Waals surface area (Å²) in [7, 11) is 1.34. The summed E-state index contributed by atoms with van der Waals surface area (Å²) < 4.78 is 4.54. The molecular formula is C19H35ClO3. The lowest BCUT2D eigenvalue weighted by atomic mass is 10.0. The molecule has 0 unspecified atom stereocenters. The zero-order chi connectivity index (χ0) is 17.2. The highest BCUT2D eigenvalue weighted by molar-refractivity contribution is 6.41. The molecule has 4 heteroatoms. The molecule has 0 fully saturated rings. The van der Waals surface area contributed by atoms with Gasteiger partial charge in [-0.1, -0.05) is 88.3 Å². The molecule has 0 aliphatic heterocycles. The van der Waals surface area contributed by atoms with E-state index >= 15 is 0 Å². The molecule has 0 heterocycles. The van der Waals surface area contributed by atoms with E-state index in [0.717, 1.165) is 19.3 Å². The summed E-state index contributed by atoms with van der Waals surface area (Å²) in [6.07, 6.45) is 19.0. The lowest BCUT2D eigenvalue weighted by molar-refractivity contribution is -0.135. The number of aliphatic hydroxyl groups excluding tert-OH is 1. The second kappa shape index (κ2) is 17.8. The smallest absolute Gasteiger partial charge is 0.349 e. The lowest BCUT2D eigenvalue weighted by Crippen LogP contribution is -1.99. The van der Waals surface area contributed by atoms with E-state index in [4.69, 9.17) is 16.7 Å². The number of hydrogen-bond acceptors (Lipinski definition) is 3. The number of rotatable bonds is 16. The molecule has 0 aromatic heterocycles. The number of halogens is 1. The molecule has 136 valence electrons. The molecule has 23 heavy (non-hydrogen) atoms. The van der Waals surface area contributed by atoms with Crippen LogP contribution in [0.1, 0.15) is 89.9 Å². The van der Waals surface area contributed by atoms with Crippen molar-refractivity contribution in [3.8, 4) is 0 Å². The number of hydrogen-bond donors (Lipinski definition) is 1. The second-order valence-corrected chi connectivity index (χ2v) is 6.56. The number of allylic oxidation sites excluding steroid dienone is 1. The van der Waals surface area contributed by atoms with Gasteiger partial charge in [0, 0.05) is 6.61 Å². The summed E-state index contributed by atoms with van der Waals surface area (Å²) in [6, 6.07) is 0. The maximum Gasteiger partial charge on any atom is 0.349 e. The molecule has 0 radical (unpaired) electrons. The second-order valence-electron chi connectivity index (χ2n) is 6.15. The number of carbonyl (C=O) groups is 1. The minimum absolute atomic E-state index is 0.198. The quantitative estimate of drug-likeness (QED) is 0.220. The first-order chi connectivity index (χ1) is 11.2. The van der Waals surface area contributed by atoms with Crippen molar-refractivity contribution in [2.45, 2.75) is 89.9 Å². The Kier molecular flexibility index (Phi) is 17.4. The number of methoxy groups -OCH3 is 1. The first kappa shape index (κ1) is 22.5. The Morgan fingerprint density at radius 3 is 1.61 bits per heavy atom. The Morgan fingerprint density at radius 2 is 1.22 bits per heavy atom. The van der Waals surface area contributed by atoms with E-state index in [0.29, 0.717) is 6.61 Å². The highest BCUT2D eigenvalue weighted by atomic mass is 35.5. The summed E-state index contributed by atoms with van der Waals surface area (Å²) in [5.74, 6) is -0.444. The van der Waals surface area contributed by atoms with Gasteiger partial charge in [-0.2, -0.15) is 0 Å². The standard InChI is InChI=1S/C19H35ClO3/c1-23-19(22)18(20)16-14-12-10-8-6-4-2-3-5-7-9-11-13-15-17-21/h16,21H,2-15,17H2,1H3/b18-16-. The van der Waals surface area contributed by atoms with Gasteiger partial charge in [0.05, 0.1) is 7.11 Å². The number of aliphatic hydroxyl groups is 1. The minimum Gasteiger partial charge on any atom is -0.465 e.